The monoisotopic (exact) mass is 259 g/mol. The molecular formula is C15H17NO3. The molecule has 100 valence electrons. The number of Topliss-reactive ketones (excluding diaryl/α,β-unsaturated/α-hetero) is 1. The minimum atomic E-state index is -0.0769. The number of amides is 1. The molecule has 0 aromatic heterocycles. The molecule has 1 N–H and O–H groups in total. The van der Waals surface area contributed by atoms with Crippen molar-refractivity contribution in [2.24, 2.45) is 5.92 Å². The molecule has 1 amide bonds. The van der Waals surface area contributed by atoms with Gasteiger partial charge in [0.05, 0.1) is 12.7 Å². The minimum absolute atomic E-state index is 0.0697. The summed E-state index contributed by atoms with van der Waals surface area (Å²) < 4.78 is 5.44. The number of fused-ring (bicyclic) bond motifs is 1. The zero-order valence-corrected chi connectivity index (χ0v) is 10.9. The van der Waals surface area contributed by atoms with E-state index in [2.05, 4.69) is 5.32 Å². The molecule has 1 aromatic carbocycles. The number of ether oxygens (including phenoxy) is 1. The van der Waals surface area contributed by atoms with Gasteiger partial charge in [0.15, 0.2) is 5.78 Å². The number of hydrogen-bond donors (Lipinski definition) is 1. The van der Waals surface area contributed by atoms with Crippen molar-refractivity contribution in [3.8, 4) is 0 Å². The van der Waals surface area contributed by atoms with Gasteiger partial charge >= 0.3 is 0 Å². The summed E-state index contributed by atoms with van der Waals surface area (Å²) in [5, 5.41) is 2.81. The fraction of sp³-hybridized carbons (Fsp3) is 0.467. The summed E-state index contributed by atoms with van der Waals surface area (Å²) in [7, 11) is 0. The molecule has 2 unspecified atom stereocenters. The number of carbonyl (C=O) groups excluding carboxylic acids is 2. The third-order valence-electron chi connectivity index (χ3n) is 3.89. The van der Waals surface area contributed by atoms with Crippen molar-refractivity contribution < 1.29 is 14.3 Å². The van der Waals surface area contributed by atoms with E-state index in [0.29, 0.717) is 24.3 Å². The van der Waals surface area contributed by atoms with Gasteiger partial charge in [-0.2, -0.15) is 0 Å². The van der Waals surface area contributed by atoms with Crippen LogP contribution in [-0.2, 0) is 11.2 Å². The molecule has 4 nitrogen and oxygen atoms in total. The molecular weight excluding hydrogens is 242 g/mol. The van der Waals surface area contributed by atoms with Crippen molar-refractivity contribution in [1.29, 1.82) is 0 Å². The number of ketones is 1. The third-order valence-corrected chi connectivity index (χ3v) is 3.89. The molecule has 1 saturated heterocycles. The van der Waals surface area contributed by atoms with Crippen LogP contribution in [0.3, 0.4) is 0 Å². The molecule has 1 aromatic rings. The summed E-state index contributed by atoms with van der Waals surface area (Å²) in [6, 6.07) is 5.47. The highest BCUT2D eigenvalue weighted by Gasteiger charge is 2.29. The van der Waals surface area contributed by atoms with Crippen LogP contribution in [-0.4, -0.2) is 30.9 Å². The van der Waals surface area contributed by atoms with Crippen molar-refractivity contribution in [2.45, 2.75) is 25.9 Å². The Morgan fingerprint density at radius 1 is 1.42 bits per heavy atom. The molecule has 2 aliphatic rings. The number of carbonyl (C=O) groups is 2. The highest BCUT2D eigenvalue weighted by Crippen LogP contribution is 2.25. The predicted molar refractivity (Wildman–Crippen MR) is 70.3 cm³/mol. The first-order valence-electron chi connectivity index (χ1n) is 6.72. The predicted octanol–water partition coefficient (Wildman–Crippen LogP) is 1.58. The SMILES string of the molecule is CC1CC(C(=O)c2ccc3c(c2)C(=O)NCC3)CO1. The van der Waals surface area contributed by atoms with Gasteiger partial charge in [0.2, 0.25) is 0 Å². The number of hydrogen-bond acceptors (Lipinski definition) is 3. The molecule has 2 heterocycles. The largest absolute Gasteiger partial charge is 0.378 e. The van der Waals surface area contributed by atoms with Crippen LogP contribution in [0, 0.1) is 5.92 Å². The lowest BCUT2D eigenvalue weighted by Crippen LogP contribution is -2.32. The highest BCUT2D eigenvalue weighted by molar-refractivity contribution is 6.03. The first-order chi connectivity index (χ1) is 9.15. The Morgan fingerprint density at radius 2 is 2.26 bits per heavy atom. The van der Waals surface area contributed by atoms with Crippen LogP contribution in [0.25, 0.3) is 0 Å². The molecule has 0 spiro atoms. The molecule has 0 saturated carbocycles. The first kappa shape index (κ1) is 12.4. The lowest BCUT2D eigenvalue weighted by atomic mass is 9.91. The molecule has 0 radical (unpaired) electrons. The summed E-state index contributed by atoms with van der Waals surface area (Å²) in [6.07, 6.45) is 1.75. The van der Waals surface area contributed by atoms with E-state index in [9.17, 15) is 9.59 Å². The van der Waals surface area contributed by atoms with Crippen molar-refractivity contribution in [2.75, 3.05) is 13.2 Å². The topological polar surface area (TPSA) is 55.4 Å². The van der Waals surface area contributed by atoms with E-state index < -0.39 is 0 Å². The van der Waals surface area contributed by atoms with E-state index >= 15 is 0 Å². The van der Waals surface area contributed by atoms with Crippen molar-refractivity contribution in [3.63, 3.8) is 0 Å². The van der Waals surface area contributed by atoms with E-state index in [1.807, 2.05) is 19.1 Å². The second-order valence-corrected chi connectivity index (χ2v) is 5.32. The van der Waals surface area contributed by atoms with Gasteiger partial charge < -0.3 is 10.1 Å². The van der Waals surface area contributed by atoms with Crippen molar-refractivity contribution in [3.05, 3.63) is 34.9 Å². The second kappa shape index (κ2) is 4.78. The zero-order chi connectivity index (χ0) is 13.4. The van der Waals surface area contributed by atoms with Crippen LogP contribution in [0.15, 0.2) is 18.2 Å². The standard InChI is InChI=1S/C15H17NO3/c1-9-6-12(8-19-9)14(17)11-3-2-10-4-5-16-15(18)13(10)7-11/h2-3,7,9,12H,4-6,8H2,1H3,(H,16,18). The molecule has 4 heteroatoms. The summed E-state index contributed by atoms with van der Waals surface area (Å²) in [5.74, 6) is -0.0582. The zero-order valence-electron chi connectivity index (χ0n) is 10.9. The Kier molecular flexibility index (Phi) is 3.11. The molecule has 0 bridgehead atoms. The van der Waals surface area contributed by atoms with E-state index in [1.165, 1.54) is 0 Å². The average molecular weight is 259 g/mol. The maximum absolute atomic E-state index is 12.4. The van der Waals surface area contributed by atoms with Gasteiger partial charge in [0.25, 0.3) is 5.91 Å². The molecule has 0 aliphatic carbocycles. The Morgan fingerprint density at radius 3 is 3.00 bits per heavy atom. The van der Waals surface area contributed by atoms with Crippen LogP contribution >= 0.6 is 0 Å². The van der Waals surface area contributed by atoms with Crippen molar-refractivity contribution >= 4 is 11.7 Å². The Hall–Kier alpha value is -1.68. The molecule has 2 aliphatic heterocycles. The van der Waals surface area contributed by atoms with E-state index in [-0.39, 0.29) is 23.7 Å². The molecule has 2 atom stereocenters. The van der Waals surface area contributed by atoms with Gasteiger partial charge in [-0.3, -0.25) is 9.59 Å². The molecule has 19 heavy (non-hydrogen) atoms. The van der Waals surface area contributed by atoms with Crippen molar-refractivity contribution in [1.82, 2.24) is 5.32 Å². The lowest BCUT2D eigenvalue weighted by molar-refractivity contribution is 0.0877. The highest BCUT2D eigenvalue weighted by atomic mass is 16.5. The van der Waals surface area contributed by atoms with Gasteiger partial charge in [-0.05, 0) is 31.4 Å². The number of benzene rings is 1. The number of rotatable bonds is 2. The Balaban J connectivity index is 1.87. The smallest absolute Gasteiger partial charge is 0.251 e. The lowest BCUT2D eigenvalue weighted by Gasteiger charge is -2.17. The second-order valence-electron chi connectivity index (χ2n) is 5.32. The van der Waals surface area contributed by atoms with Gasteiger partial charge in [0, 0.05) is 23.6 Å². The van der Waals surface area contributed by atoms with Crippen LogP contribution in [0.1, 0.15) is 39.6 Å². The Labute approximate surface area is 112 Å². The normalized spacial score (nSPS) is 25.8. The van der Waals surface area contributed by atoms with Gasteiger partial charge in [0.1, 0.15) is 0 Å². The first-order valence-corrected chi connectivity index (χ1v) is 6.72. The van der Waals surface area contributed by atoms with Crippen LogP contribution in [0.2, 0.25) is 0 Å². The summed E-state index contributed by atoms with van der Waals surface area (Å²) in [5.41, 5.74) is 2.29. The third kappa shape index (κ3) is 2.28. The molecule has 1 fully saturated rings. The van der Waals surface area contributed by atoms with Crippen LogP contribution in [0.4, 0.5) is 0 Å². The van der Waals surface area contributed by atoms with E-state index in [4.69, 9.17) is 4.74 Å². The van der Waals surface area contributed by atoms with Gasteiger partial charge in [-0.25, -0.2) is 0 Å². The van der Waals surface area contributed by atoms with E-state index in [0.717, 1.165) is 18.4 Å². The Bertz CT molecular complexity index is 538. The number of nitrogens with one attached hydrogen (secondary N) is 1. The maximum atomic E-state index is 12.4. The molecule has 3 rings (SSSR count). The minimum Gasteiger partial charge on any atom is -0.378 e. The van der Waals surface area contributed by atoms with Crippen LogP contribution in [0.5, 0.6) is 0 Å². The maximum Gasteiger partial charge on any atom is 0.251 e. The van der Waals surface area contributed by atoms with E-state index in [1.54, 1.807) is 6.07 Å². The van der Waals surface area contributed by atoms with Gasteiger partial charge in [-0.1, -0.05) is 12.1 Å². The quantitative estimate of drug-likeness (QED) is 0.820. The summed E-state index contributed by atoms with van der Waals surface area (Å²) in [4.78, 5) is 24.2. The summed E-state index contributed by atoms with van der Waals surface area (Å²) >= 11 is 0. The average Bonchev–Trinajstić information content (AvgIpc) is 2.85. The van der Waals surface area contributed by atoms with Gasteiger partial charge in [-0.15, -0.1) is 0 Å². The fourth-order valence-electron chi connectivity index (χ4n) is 2.80. The summed E-state index contributed by atoms with van der Waals surface area (Å²) in [6.45, 7) is 3.14. The fourth-order valence-corrected chi connectivity index (χ4v) is 2.80. The van der Waals surface area contributed by atoms with Crippen LogP contribution < -0.4 is 5.32 Å².